The lowest BCUT2D eigenvalue weighted by Gasteiger charge is -2.08. The van der Waals surface area contributed by atoms with Gasteiger partial charge >= 0.3 is 0 Å². The largest absolute Gasteiger partial charge is 0.496 e. The first kappa shape index (κ1) is 17.0. The fourth-order valence-corrected chi connectivity index (χ4v) is 3.09. The Balaban J connectivity index is 1.86. The summed E-state index contributed by atoms with van der Waals surface area (Å²) in [7, 11) is 1.50. The zero-order valence-corrected chi connectivity index (χ0v) is 14.1. The normalized spacial score (nSPS) is 11.0. The van der Waals surface area contributed by atoms with Gasteiger partial charge in [0, 0.05) is 4.88 Å². The fourth-order valence-electron chi connectivity index (χ4n) is 2.37. The second-order valence-corrected chi connectivity index (χ2v) is 6.21. The molecule has 3 rings (SSSR count). The van der Waals surface area contributed by atoms with Crippen LogP contribution in [0.15, 0.2) is 60.0 Å². The molecule has 1 heterocycles. The van der Waals surface area contributed by atoms with Crippen LogP contribution in [-0.2, 0) is 0 Å². The van der Waals surface area contributed by atoms with E-state index in [0.29, 0.717) is 16.9 Å². The van der Waals surface area contributed by atoms with Crippen molar-refractivity contribution in [3.63, 3.8) is 0 Å². The number of hydrogen-bond acceptors (Lipinski definition) is 3. The second-order valence-electron chi connectivity index (χ2n) is 5.26. The van der Waals surface area contributed by atoms with Crippen molar-refractivity contribution in [2.45, 2.75) is 0 Å². The fraction of sp³-hybridized carbons (Fsp3) is 0.0500. The van der Waals surface area contributed by atoms with Crippen LogP contribution in [0.1, 0.15) is 15.9 Å². The van der Waals surface area contributed by atoms with Crippen molar-refractivity contribution in [1.82, 2.24) is 0 Å². The van der Waals surface area contributed by atoms with E-state index in [2.05, 4.69) is 0 Å². The molecule has 0 N–H and O–H groups in total. The number of thiophene rings is 1. The van der Waals surface area contributed by atoms with E-state index in [0.717, 1.165) is 22.6 Å². The number of halogens is 2. The first-order chi connectivity index (χ1) is 12.1. The van der Waals surface area contributed by atoms with E-state index in [1.165, 1.54) is 25.3 Å². The number of rotatable bonds is 5. The van der Waals surface area contributed by atoms with Gasteiger partial charge in [0.1, 0.15) is 5.75 Å². The second kappa shape index (κ2) is 7.40. The Morgan fingerprint density at radius 1 is 1.08 bits per heavy atom. The van der Waals surface area contributed by atoms with Crippen molar-refractivity contribution in [2.75, 3.05) is 7.11 Å². The maximum Gasteiger partial charge on any atom is 0.189 e. The standard InChI is InChI=1S/C20H14F2O2S/c1-24-19-12-14(20-3-2-10-25-20)6-7-15(19)18(23)9-5-13-4-8-16(21)17(22)11-13/h2-12H,1H3/b9-5+. The monoisotopic (exact) mass is 356 g/mol. The van der Waals surface area contributed by atoms with Crippen LogP contribution in [0.4, 0.5) is 8.78 Å². The van der Waals surface area contributed by atoms with Gasteiger partial charge in [0.2, 0.25) is 0 Å². The number of ether oxygens (including phenoxy) is 1. The molecule has 25 heavy (non-hydrogen) atoms. The molecule has 0 aliphatic rings. The Hall–Kier alpha value is -2.79. The number of methoxy groups -OCH3 is 1. The van der Waals surface area contributed by atoms with Crippen LogP contribution >= 0.6 is 11.3 Å². The summed E-state index contributed by atoms with van der Waals surface area (Å²) in [5, 5.41) is 1.98. The maximum absolute atomic E-state index is 13.2. The van der Waals surface area contributed by atoms with Crippen molar-refractivity contribution >= 4 is 23.2 Å². The molecule has 0 atom stereocenters. The minimum atomic E-state index is -0.951. The molecule has 0 unspecified atom stereocenters. The van der Waals surface area contributed by atoms with Crippen LogP contribution in [0.5, 0.6) is 5.75 Å². The van der Waals surface area contributed by atoms with Gasteiger partial charge in [0.05, 0.1) is 12.7 Å². The van der Waals surface area contributed by atoms with Crippen LogP contribution in [0.3, 0.4) is 0 Å². The number of carbonyl (C=O) groups is 1. The van der Waals surface area contributed by atoms with Gasteiger partial charge in [-0.3, -0.25) is 4.79 Å². The van der Waals surface area contributed by atoms with E-state index in [1.54, 1.807) is 17.4 Å². The van der Waals surface area contributed by atoms with E-state index in [1.807, 2.05) is 29.6 Å². The predicted octanol–water partition coefficient (Wildman–Crippen LogP) is 5.60. The van der Waals surface area contributed by atoms with Gasteiger partial charge < -0.3 is 4.74 Å². The zero-order chi connectivity index (χ0) is 17.8. The van der Waals surface area contributed by atoms with Gasteiger partial charge in [-0.2, -0.15) is 0 Å². The molecule has 0 bridgehead atoms. The van der Waals surface area contributed by atoms with Crippen LogP contribution in [0.25, 0.3) is 16.5 Å². The number of allylic oxidation sites excluding steroid dienone is 1. The third-order valence-electron chi connectivity index (χ3n) is 3.64. The summed E-state index contributed by atoms with van der Waals surface area (Å²) in [4.78, 5) is 13.5. The van der Waals surface area contributed by atoms with Gasteiger partial charge in [0.15, 0.2) is 17.4 Å². The Kier molecular flexibility index (Phi) is 5.05. The molecule has 0 radical (unpaired) electrons. The summed E-state index contributed by atoms with van der Waals surface area (Å²) in [5.41, 5.74) is 1.77. The highest BCUT2D eigenvalue weighted by atomic mass is 32.1. The van der Waals surface area contributed by atoms with Crippen molar-refractivity contribution in [2.24, 2.45) is 0 Å². The summed E-state index contributed by atoms with van der Waals surface area (Å²) in [6, 6.07) is 12.8. The lowest BCUT2D eigenvalue weighted by atomic mass is 10.0. The first-order valence-electron chi connectivity index (χ1n) is 7.48. The van der Waals surface area contributed by atoms with Gasteiger partial charge in [-0.05, 0) is 52.9 Å². The molecule has 0 amide bonds. The summed E-state index contributed by atoms with van der Waals surface area (Å²) < 4.78 is 31.5. The van der Waals surface area contributed by atoms with E-state index in [9.17, 15) is 13.6 Å². The van der Waals surface area contributed by atoms with Gasteiger partial charge in [-0.15, -0.1) is 11.3 Å². The number of benzene rings is 2. The van der Waals surface area contributed by atoms with E-state index in [4.69, 9.17) is 4.74 Å². The highest BCUT2D eigenvalue weighted by Crippen LogP contribution is 2.30. The van der Waals surface area contributed by atoms with Gasteiger partial charge in [-0.1, -0.05) is 24.3 Å². The van der Waals surface area contributed by atoms with Crippen molar-refractivity contribution in [1.29, 1.82) is 0 Å². The SMILES string of the molecule is COc1cc(-c2cccs2)ccc1C(=O)/C=C/c1ccc(F)c(F)c1. The molecule has 0 aliphatic heterocycles. The highest BCUT2D eigenvalue weighted by molar-refractivity contribution is 7.13. The molecule has 2 aromatic carbocycles. The molecular formula is C20H14F2O2S. The third-order valence-corrected chi connectivity index (χ3v) is 4.56. The minimum absolute atomic E-state index is 0.278. The Labute approximate surface area is 148 Å². The van der Waals surface area contributed by atoms with Crippen LogP contribution in [0.2, 0.25) is 0 Å². The molecular weight excluding hydrogens is 342 g/mol. The third kappa shape index (κ3) is 3.83. The van der Waals surface area contributed by atoms with Crippen molar-refractivity contribution in [3.05, 3.63) is 82.7 Å². The number of ketones is 1. The molecule has 0 fully saturated rings. The average molecular weight is 356 g/mol. The molecule has 126 valence electrons. The molecule has 1 aromatic heterocycles. The Morgan fingerprint density at radius 3 is 2.60 bits per heavy atom. The van der Waals surface area contributed by atoms with E-state index in [-0.39, 0.29) is 5.78 Å². The van der Waals surface area contributed by atoms with Gasteiger partial charge in [0.25, 0.3) is 0 Å². The zero-order valence-electron chi connectivity index (χ0n) is 13.3. The molecule has 5 heteroatoms. The molecule has 3 aromatic rings. The topological polar surface area (TPSA) is 26.3 Å². The molecule has 0 saturated carbocycles. The van der Waals surface area contributed by atoms with E-state index < -0.39 is 11.6 Å². The predicted molar refractivity (Wildman–Crippen MR) is 96.0 cm³/mol. The highest BCUT2D eigenvalue weighted by Gasteiger charge is 2.12. The van der Waals surface area contributed by atoms with Crippen LogP contribution in [0, 0.1) is 11.6 Å². The number of hydrogen-bond donors (Lipinski definition) is 0. The maximum atomic E-state index is 13.2. The Morgan fingerprint density at radius 2 is 1.92 bits per heavy atom. The summed E-state index contributed by atoms with van der Waals surface area (Å²) in [6.45, 7) is 0. The molecule has 0 aliphatic carbocycles. The average Bonchev–Trinajstić information content (AvgIpc) is 3.16. The van der Waals surface area contributed by atoms with Crippen LogP contribution in [-0.4, -0.2) is 12.9 Å². The smallest absolute Gasteiger partial charge is 0.189 e. The minimum Gasteiger partial charge on any atom is -0.496 e. The van der Waals surface area contributed by atoms with Crippen molar-refractivity contribution < 1.29 is 18.3 Å². The van der Waals surface area contributed by atoms with E-state index >= 15 is 0 Å². The lowest BCUT2D eigenvalue weighted by molar-refractivity contribution is 0.104. The summed E-state index contributed by atoms with van der Waals surface area (Å²) >= 11 is 1.60. The number of carbonyl (C=O) groups excluding carboxylic acids is 1. The Bertz CT molecular complexity index is 931. The van der Waals surface area contributed by atoms with Crippen molar-refractivity contribution in [3.8, 4) is 16.2 Å². The quantitative estimate of drug-likeness (QED) is 0.439. The van der Waals surface area contributed by atoms with Crippen LogP contribution < -0.4 is 4.74 Å². The molecule has 0 saturated heterocycles. The lowest BCUT2D eigenvalue weighted by Crippen LogP contribution is -1.99. The first-order valence-corrected chi connectivity index (χ1v) is 8.36. The molecule has 0 spiro atoms. The van der Waals surface area contributed by atoms with Gasteiger partial charge in [-0.25, -0.2) is 8.78 Å². The molecule has 2 nitrogen and oxygen atoms in total. The summed E-state index contributed by atoms with van der Waals surface area (Å²) in [5.74, 6) is -1.69. The summed E-state index contributed by atoms with van der Waals surface area (Å²) in [6.07, 6.45) is 2.76.